The minimum absolute atomic E-state index is 0. The van der Waals surface area contributed by atoms with E-state index in [0.717, 1.165) is 11.1 Å². The van der Waals surface area contributed by atoms with E-state index in [1.807, 2.05) is 88.4 Å². The second kappa shape index (κ2) is 15.7. The van der Waals surface area contributed by atoms with Crippen molar-refractivity contribution < 1.29 is 58.6 Å². The number of anilines is 2. The molecule has 4 fully saturated rings. The van der Waals surface area contributed by atoms with Gasteiger partial charge in [-0.3, -0.25) is 19.6 Å². The number of aliphatic carboxylic acids is 1. The molecule has 4 saturated heterocycles. The number of pyridine rings is 2. The van der Waals surface area contributed by atoms with Crippen molar-refractivity contribution in [2.45, 2.75) is 70.8 Å². The van der Waals surface area contributed by atoms with Gasteiger partial charge in [0, 0.05) is 11.1 Å². The summed E-state index contributed by atoms with van der Waals surface area (Å²) in [6, 6.07) is 24.5. The number of carboxylic acids is 1. The smallest absolute Gasteiger partial charge is 0.548 e. The van der Waals surface area contributed by atoms with Gasteiger partial charge in [0.1, 0.15) is 6.04 Å². The number of amides is 2. The monoisotopic (exact) mass is 762 g/mol. The first-order chi connectivity index (χ1) is 26.2. The maximum absolute atomic E-state index is 13.6. The zero-order valence-electron chi connectivity index (χ0n) is 32.1. The van der Waals surface area contributed by atoms with Crippen LogP contribution in [0.1, 0.15) is 69.2 Å². The fraction of sp³-hybridized carbons (Fsp3) is 0.302. The number of carbonyl (C=O) groups excluding carboxylic acids is 4. The molecule has 12 nitrogen and oxygen atoms in total. The number of carbonyl (C=O) groups is 4. The molecule has 56 heavy (non-hydrogen) atoms. The summed E-state index contributed by atoms with van der Waals surface area (Å²) in [5.74, 6) is -1.98. The van der Waals surface area contributed by atoms with Gasteiger partial charge in [-0.1, -0.05) is 88.4 Å². The maximum atomic E-state index is 13.6. The molecule has 4 N–H and O–H groups in total. The third-order valence-electron chi connectivity index (χ3n) is 10.9. The van der Waals surface area contributed by atoms with E-state index in [-0.39, 0.29) is 59.4 Å². The Bertz CT molecular complexity index is 2150. The largest absolute Gasteiger partial charge is 1.00 e. The van der Waals surface area contributed by atoms with Gasteiger partial charge < -0.3 is 35.9 Å². The van der Waals surface area contributed by atoms with Crippen LogP contribution in [0.25, 0.3) is 12.2 Å². The fourth-order valence-corrected chi connectivity index (χ4v) is 8.29. The minimum Gasteiger partial charge on any atom is -0.548 e. The molecule has 0 aliphatic carbocycles. The summed E-state index contributed by atoms with van der Waals surface area (Å²) in [6.07, 6.45) is 7.34. The van der Waals surface area contributed by atoms with Crippen LogP contribution in [0.5, 0.6) is 0 Å². The van der Waals surface area contributed by atoms with Crippen LogP contribution in [0.2, 0.25) is 0 Å². The predicted octanol–water partition coefficient (Wildman–Crippen LogP) is 1.20. The normalized spacial score (nSPS) is 23.9. The average molecular weight is 763 g/mol. The molecule has 0 radical (unpaired) electrons. The number of aromatic nitrogens is 2. The van der Waals surface area contributed by atoms with Gasteiger partial charge in [0.05, 0.1) is 59.3 Å². The van der Waals surface area contributed by atoms with E-state index >= 15 is 0 Å². The SMILES string of the molecule is CC1(C)CC2/C(=C\c3ccc(N)cn3)C(=O)N2[C@H]1C(=O)OC(c1ccccc1)c1ccccc1.CC1(C)CC2/C(=C\c3ccc(N)cn3)C(=O)N2[C@H]1C(=O)[O-].[Na+]. The molecule has 8 rings (SSSR count). The van der Waals surface area contributed by atoms with Crippen LogP contribution in [0.3, 0.4) is 0 Å². The average Bonchev–Trinajstić information content (AvgIpc) is 3.58. The van der Waals surface area contributed by atoms with Gasteiger partial charge in [0.25, 0.3) is 11.8 Å². The first-order valence-electron chi connectivity index (χ1n) is 18.2. The number of hydrogen-bond donors (Lipinski definition) is 2. The van der Waals surface area contributed by atoms with Crippen LogP contribution in [0.15, 0.2) is 108 Å². The second-order valence-corrected chi connectivity index (χ2v) is 15.8. The molecule has 2 aromatic heterocycles. The van der Waals surface area contributed by atoms with Crippen LogP contribution in [-0.4, -0.2) is 67.7 Å². The number of esters is 1. The molecule has 2 amide bonds. The molecule has 0 bridgehead atoms. The number of hydrogen-bond acceptors (Lipinski definition) is 10. The number of β-lactam (4-membered cyclic amide) rings is 2. The number of nitrogens with zero attached hydrogens (tertiary/aromatic N) is 4. The molecule has 2 aromatic carbocycles. The minimum atomic E-state index is -1.19. The number of benzene rings is 2. The number of carboxylic acid groups (broad SMARTS) is 1. The van der Waals surface area contributed by atoms with Crippen molar-refractivity contribution in [2.75, 3.05) is 11.5 Å². The summed E-state index contributed by atoms with van der Waals surface area (Å²) in [5.41, 5.74) is 15.8. The van der Waals surface area contributed by atoms with Crippen molar-refractivity contribution in [2.24, 2.45) is 10.8 Å². The Morgan fingerprint density at radius 1 is 0.714 bits per heavy atom. The first-order valence-corrected chi connectivity index (χ1v) is 18.2. The van der Waals surface area contributed by atoms with Gasteiger partial charge in [0.2, 0.25) is 0 Å². The number of nitrogen functional groups attached to an aromatic ring is 2. The number of ether oxygens (including phenoxy) is 1. The van der Waals surface area contributed by atoms with Crippen molar-refractivity contribution in [1.82, 2.24) is 19.8 Å². The summed E-state index contributed by atoms with van der Waals surface area (Å²) >= 11 is 0. The summed E-state index contributed by atoms with van der Waals surface area (Å²) < 4.78 is 6.13. The molecule has 13 heteroatoms. The topological polar surface area (TPSA) is 185 Å². The Balaban J connectivity index is 0.000000208. The van der Waals surface area contributed by atoms with Gasteiger partial charge in [-0.05, 0) is 71.2 Å². The molecule has 2 unspecified atom stereocenters. The van der Waals surface area contributed by atoms with Crippen molar-refractivity contribution in [3.05, 3.63) is 131 Å². The van der Waals surface area contributed by atoms with Crippen LogP contribution in [0, 0.1) is 10.8 Å². The van der Waals surface area contributed by atoms with E-state index in [9.17, 15) is 24.3 Å². The van der Waals surface area contributed by atoms with Crippen molar-refractivity contribution in [3.63, 3.8) is 0 Å². The number of fused-ring (bicyclic) bond motifs is 2. The van der Waals surface area contributed by atoms with Gasteiger partial charge in [-0.2, -0.15) is 0 Å². The Morgan fingerprint density at radius 2 is 1.12 bits per heavy atom. The van der Waals surface area contributed by atoms with Gasteiger partial charge in [-0.15, -0.1) is 0 Å². The standard InChI is InChI=1S/C28H27N3O3.C15H17N3O3.Na/c1-28(2)16-23-22(15-21-14-13-20(29)17-30-21)26(32)31(23)25(28)27(33)34-24(18-9-5-3-6-10-18)19-11-7-4-8-12-19;1-15(2)6-11-10(5-9-4-3-8(16)7-17-9)13(19)18(11)12(15)14(20)21;/h3-15,17,23-25H,16,29H2,1-2H3;3-5,7,11-12H,6,16H2,1-2H3,(H,20,21);/q;;+1/p-1/b22-15+;10-5+;/t23?,25-;11?,12-;/m00./s1. The second-order valence-electron chi connectivity index (χ2n) is 15.8. The molecule has 4 aliphatic heterocycles. The van der Waals surface area contributed by atoms with E-state index in [0.29, 0.717) is 46.8 Å². The predicted molar refractivity (Wildman–Crippen MR) is 205 cm³/mol. The zero-order valence-corrected chi connectivity index (χ0v) is 34.1. The van der Waals surface area contributed by atoms with E-state index in [4.69, 9.17) is 16.2 Å². The zero-order chi connectivity index (χ0) is 39.2. The van der Waals surface area contributed by atoms with Crippen LogP contribution >= 0.6 is 0 Å². The maximum Gasteiger partial charge on any atom is 1.00 e. The van der Waals surface area contributed by atoms with Crippen molar-refractivity contribution in [3.8, 4) is 0 Å². The van der Waals surface area contributed by atoms with E-state index < -0.39 is 35.0 Å². The van der Waals surface area contributed by atoms with Gasteiger partial charge >= 0.3 is 35.5 Å². The van der Waals surface area contributed by atoms with Crippen LogP contribution in [0.4, 0.5) is 11.4 Å². The summed E-state index contributed by atoms with van der Waals surface area (Å²) in [5, 5.41) is 11.3. The van der Waals surface area contributed by atoms with E-state index in [1.54, 1.807) is 47.5 Å². The molecule has 6 heterocycles. The first kappa shape index (κ1) is 40.4. The quantitative estimate of drug-likeness (QED) is 0.120. The number of rotatable bonds is 7. The van der Waals surface area contributed by atoms with Crippen LogP contribution < -0.4 is 46.1 Å². The third-order valence-corrected chi connectivity index (χ3v) is 10.9. The molecule has 4 aliphatic rings. The Morgan fingerprint density at radius 3 is 1.52 bits per heavy atom. The molecular weight excluding hydrogens is 719 g/mol. The molecule has 0 saturated carbocycles. The summed E-state index contributed by atoms with van der Waals surface area (Å²) in [7, 11) is 0. The van der Waals surface area contributed by atoms with E-state index in [1.165, 1.54) is 11.1 Å². The number of nitrogens with two attached hydrogens (primary N) is 2. The molecule has 4 atom stereocenters. The van der Waals surface area contributed by atoms with E-state index in [2.05, 4.69) is 9.97 Å². The van der Waals surface area contributed by atoms with Gasteiger partial charge in [-0.25, -0.2) is 4.79 Å². The molecule has 4 aromatic rings. The van der Waals surface area contributed by atoms with Crippen molar-refractivity contribution in [1.29, 1.82) is 0 Å². The Labute approximate surface area is 347 Å². The summed E-state index contributed by atoms with van der Waals surface area (Å²) in [4.78, 5) is 61.8. The Hall–Kier alpha value is -5.30. The Kier molecular flexibility index (Phi) is 11.3. The molecule has 282 valence electrons. The van der Waals surface area contributed by atoms with Gasteiger partial charge in [0.15, 0.2) is 6.10 Å². The molecule has 0 spiro atoms. The third kappa shape index (κ3) is 7.61. The van der Waals surface area contributed by atoms with Crippen LogP contribution in [-0.2, 0) is 23.9 Å². The van der Waals surface area contributed by atoms with Crippen molar-refractivity contribution >= 4 is 47.3 Å². The fourth-order valence-electron chi connectivity index (χ4n) is 8.29. The summed E-state index contributed by atoms with van der Waals surface area (Å²) in [6.45, 7) is 7.73. The molecular formula is C43H43N6NaO6.